The monoisotopic (exact) mass is 297 g/mol. The zero-order valence-corrected chi connectivity index (χ0v) is 12.3. The minimum atomic E-state index is -0.774. The molecule has 0 aliphatic carbocycles. The molecule has 0 bridgehead atoms. The van der Waals surface area contributed by atoms with E-state index in [1.54, 1.807) is 6.07 Å². The summed E-state index contributed by atoms with van der Waals surface area (Å²) in [6.07, 6.45) is 1.21. The Morgan fingerprint density at radius 1 is 1.50 bits per heavy atom. The van der Waals surface area contributed by atoms with Gasteiger partial charge in [-0.2, -0.15) is 0 Å². The second-order valence-electron chi connectivity index (χ2n) is 5.24. The average Bonchev–Trinajstić information content (AvgIpc) is 2.38. The molecule has 1 aromatic carbocycles. The van der Waals surface area contributed by atoms with Crippen LogP contribution in [-0.4, -0.2) is 43.3 Å². The van der Waals surface area contributed by atoms with E-state index >= 15 is 0 Å². The summed E-state index contributed by atoms with van der Waals surface area (Å²) >= 11 is 6.12. The van der Waals surface area contributed by atoms with Gasteiger partial charge in [-0.1, -0.05) is 17.7 Å². The first kappa shape index (κ1) is 15.1. The number of hydrogen-bond donors (Lipinski definition) is 3. The van der Waals surface area contributed by atoms with E-state index in [4.69, 9.17) is 27.5 Å². The molecule has 2 rings (SSSR count). The SMILES string of the molecule is CN(CC1(O)CCOCC1)c1cccc(Cl)c1C(=N)N. The maximum atomic E-state index is 10.6. The average molecular weight is 298 g/mol. The predicted octanol–water partition coefficient (Wildman–Crippen LogP) is 1.60. The fraction of sp³-hybridized carbons (Fsp3) is 0.500. The highest BCUT2D eigenvalue weighted by molar-refractivity contribution is 6.34. The first-order valence-corrected chi connectivity index (χ1v) is 6.95. The Bertz CT molecular complexity index is 501. The molecular weight excluding hydrogens is 278 g/mol. The molecule has 1 aromatic rings. The van der Waals surface area contributed by atoms with Gasteiger partial charge in [0.25, 0.3) is 0 Å². The van der Waals surface area contributed by atoms with Crippen LogP contribution in [0.4, 0.5) is 5.69 Å². The smallest absolute Gasteiger partial charge is 0.126 e. The lowest BCUT2D eigenvalue weighted by atomic mass is 9.93. The Labute approximate surface area is 123 Å². The van der Waals surface area contributed by atoms with Gasteiger partial charge in [0.2, 0.25) is 0 Å². The van der Waals surface area contributed by atoms with Gasteiger partial charge >= 0.3 is 0 Å². The van der Waals surface area contributed by atoms with Crippen LogP contribution in [0.15, 0.2) is 18.2 Å². The van der Waals surface area contributed by atoms with Crippen molar-refractivity contribution in [3.8, 4) is 0 Å². The quantitative estimate of drug-likeness (QED) is 0.582. The molecule has 0 amide bonds. The maximum Gasteiger partial charge on any atom is 0.126 e. The lowest BCUT2D eigenvalue weighted by Crippen LogP contribution is -2.46. The summed E-state index contributed by atoms with van der Waals surface area (Å²) < 4.78 is 5.28. The Morgan fingerprint density at radius 2 is 2.15 bits per heavy atom. The van der Waals surface area contributed by atoms with Crippen molar-refractivity contribution in [3.63, 3.8) is 0 Å². The molecule has 1 aliphatic heterocycles. The highest BCUT2D eigenvalue weighted by Gasteiger charge is 2.31. The van der Waals surface area contributed by atoms with Crippen molar-refractivity contribution in [2.45, 2.75) is 18.4 Å². The first-order valence-electron chi connectivity index (χ1n) is 6.57. The van der Waals surface area contributed by atoms with Gasteiger partial charge in [0.15, 0.2) is 0 Å². The molecule has 20 heavy (non-hydrogen) atoms. The fourth-order valence-corrected chi connectivity index (χ4v) is 2.80. The van der Waals surface area contributed by atoms with Gasteiger partial charge in [-0.25, -0.2) is 0 Å². The van der Waals surface area contributed by atoms with Gasteiger partial charge < -0.3 is 20.5 Å². The van der Waals surface area contributed by atoms with Crippen molar-refractivity contribution >= 4 is 23.1 Å². The summed E-state index contributed by atoms with van der Waals surface area (Å²) in [5, 5.41) is 18.7. The van der Waals surface area contributed by atoms with E-state index in [9.17, 15) is 5.11 Å². The van der Waals surface area contributed by atoms with Crippen LogP contribution in [0.2, 0.25) is 5.02 Å². The van der Waals surface area contributed by atoms with E-state index in [0.717, 1.165) is 5.69 Å². The molecule has 4 N–H and O–H groups in total. The summed E-state index contributed by atoms with van der Waals surface area (Å²) in [6, 6.07) is 5.37. The molecule has 0 aromatic heterocycles. The third kappa shape index (κ3) is 3.23. The van der Waals surface area contributed by atoms with Crippen molar-refractivity contribution < 1.29 is 9.84 Å². The van der Waals surface area contributed by atoms with Crippen molar-refractivity contribution in [2.24, 2.45) is 5.73 Å². The van der Waals surface area contributed by atoms with Gasteiger partial charge in [0.1, 0.15) is 5.84 Å². The topological polar surface area (TPSA) is 82.6 Å². The predicted molar refractivity (Wildman–Crippen MR) is 80.7 cm³/mol. The molecular formula is C14H20ClN3O2. The molecule has 5 nitrogen and oxygen atoms in total. The van der Waals surface area contributed by atoms with Gasteiger partial charge in [0, 0.05) is 45.3 Å². The van der Waals surface area contributed by atoms with Crippen LogP contribution in [-0.2, 0) is 4.74 Å². The number of hydrogen-bond acceptors (Lipinski definition) is 4. The van der Waals surface area contributed by atoms with Crippen LogP contribution >= 0.6 is 11.6 Å². The van der Waals surface area contributed by atoms with E-state index in [-0.39, 0.29) is 5.84 Å². The van der Waals surface area contributed by atoms with E-state index in [1.807, 2.05) is 24.1 Å². The van der Waals surface area contributed by atoms with Crippen LogP contribution in [0, 0.1) is 5.41 Å². The van der Waals surface area contributed by atoms with Crippen LogP contribution in [0.25, 0.3) is 0 Å². The van der Waals surface area contributed by atoms with Crippen molar-refractivity contribution in [2.75, 3.05) is 31.7 Å². The molecule has 0 atom stereocenters. The second-order valence-corrected chi connectivity index (χ2v) is 5.65. The summed E-state index contributed by atoms with van der Waals surface area (Å²) in [4.78, 5) is 1.90. The van der Waals surface area contributed by atoms with Gasteiger partial charge in [0.05, 0.1) is 16.2 Å². The summed E-state index contributed by atoms with van der Waals surface area (Å²) in [6.45, 7) is 1.59. The molecule has 0 radical (unpaired) electrons. The van der Waals surface area contributed by atoms with E-state index in [2.05, 4.69) is 0 Å². The molecule has 110 valence electrons. The molecule has 0 saturated carbocycles. The number of rotatable bonds is 4. The fourth-order valence-electron chi connectivity index (χ4n) is 2.53. The number of nitrogens with one attached hydrogen (secondary N) is 1. The third-order valence-corrected chi connectivity index (χ3v) is 3.94. The molecule has 6 heteroatoms. The largest absolute Gasteiger partial charge is 0.388 e. The number of nitrogens with zero attached hydrogens (tertiary/aromatic N) is 1. The number of anilines is 1. The van der Waals surface area contributed by atoms with Crippen molar-refractivity contribution in [3.05, 3.63) is 28.8 Å². The number of likely N-dealkylation sites (N-methyl/N-ethyl adjacent to an activating group) is 1. The number of benzene rings is 1. The highest BCUT2D eigenvalue weighted by Crippen LogP contribution is 2.29. The third-order valence-electron chi connectivity index (χ3n) is 3.63. The minimum absolute atomic E-state index is 0.0728. The molecule has 0 spiro atoms. The Kier molecular flexibility index (Phi) is 4.52. The van der Waals surface area contributed by atoms with Gasteiger partial charge in [-0.3, -0.25) is 5.41 Å². The summed E-state index contributed by atoms with van der Waals surface area (Å²) in [5.74, 6) is -0.0728. The number of halogens is 1. The number of nitrogens with two attached hydrogens (primary N) is 1. The first-order chi connectivity index (χ1) is 9.43. The van der Waals surface area contributed by atoms with E-state index in [0.29, 0.717) is 43.2 Å². The molecule has 1 heterocycles. The zero-order valence-electron chi connectivity index (χ0n) is 11.5. The van der Waals surface area contributed by atoms with E-state index < -0.39 is 5.60 Å². The summed E-state index contributed by atoms with van der Waals surface area (Å²) in [7, 11) is 1.87. The number of ether oxygens (including phenoxy) is 1. The Balaban J connectivity index is 2.23. The molecule has 1 aliphatic rings. The number of amidine groups is 1. The maximum absolute atomic E-state index is 10.6. The number of aliphatic hydroxyl groups is 1. The second kappa shape index (κ2) is 5.99. The lowest BCUT2D eigenvalue weighted by molar-refractivity contribution is -0.0572. The van der Waals surface area contributed by atoms with Crippen LogP contribution < -0.4 is 10.6 Å². The molecule has 1 fully saturated rings. The van der Waals surface area contributed by atoms with E-state index in [1.165, 1.54) is 0 Å². The zero-order chi connectivity index (χ0) is 14.8. The van der Waals surface area contributed by atoms with Crippen LogP contribution in [0.3, 0.4) is 0 Å². The minimum Gasteiger partial charge on any atom is -0.388 e. The summed E-state index contributed by atoms with van der Waals surface area (Å²) in [5.41, 5.74) is 6.10. The van der Waals surface area contributed by atoms with Crippen LogP contribution in [0.5, 0.6) is 0 Å². The van der Waals surface area contributed by atoms with Gasteiger partial charge in [-0.05, 0) is 12.1 Å². The lowest BCUT2D eigenvalue weighted by Gasteiger charge is -2.36. The van der Waals surface area contributed by atoms with Gasteiger partial charge in [-0.15, -0.1) is 0 Å². The molecule has 1 saturated heterocycles. The standard InChI is InChI=1S/C14H20ClN3O2/c1-18(9-14(19)5-7-20-8-6-14)11-4-2-3-10(15)12(11)13(16)17/h2-4,19H,5-9H2,1H3,(H3,16,17). The van der Waals surface area contributed by atoms with Crippen molar-refractivity contribution in [1.82, 2.24) is 0 Å². The highest BCUT2D eigenvalue weighted by atomic mass is 35.5. The van der Waals surface area contributed by atoms with Crippen LogP contribution in [0.1, 0.15) is 18.4 Å². The molecule has 0 unspecified atom stereocenters. The number of nitrogen functional groups attached to an aromatic ring is 1. The van der Waals surface area contributed by atoms with Crippen molar-refractivity contribution in [1.29, 1.82) is 5.41 Å². The Hall–Kier alpha value is -1.30. The normalized spacial score (nSPS) is 17.8. The Morgan fingerprint density at radius 3 is 2.75 bits per heavy atom.